The van der Waals surface area contributed by atoms with E-state index in [1.165, 1.54) is 10.7 Å². The number of H-pyrrole nitrogens is 1. The van der Waals surface area contributed by atoms with Gasteiger partial charge in [-0.25, -0.2) is 4.72 Å². The van der Waals surface area contributed by atoms with Crippen molar-refractivity contribution >= 4 is 16.2 Å². The van der Waals surface area contributed by atoms with Gasteiger partial charge >= 0.3 is 10.2 Å². The molecule has 0 amide bonds. The van der Waals surface area contributed by atoms with Crippen LogP contribution in [0.3, 0.4) is 0 Å². The van der Waals surface area contributed by atoms with Gasteiger partial charge in [0.25, 0.3) is 5.95 Å². The van der Waals surface area contributed by atoms with Gasteiger partial charge in [-0.15, -0.1) is 5.10 Å². The molecule has 0 aliphatic heterocycles. The summed E-state index contributed by atoms with van der Waals surface area (Å²) in [7, 11) is -1.95. The molecule has 0 radical (unpaired) electrons. The molecule has 2 rings (SSSR count). The van der Waals surface area contributed by atoms with Crippen LogP contribution in [0.15, 0.2) is 0 Å². The summed E-state index contributed by atoms with van der Waals surface area (Å²) in [4.78, 5) is 3.94. The van der Waals surface area contributed by atoms with Crippen molar-refractivity contribution in [2.75, 3.05) is 11.8 Å². The lowest BCUT2D eigenvalue weighted by Crippen LogP contribution is -2.41. The van der Waals surface area contributed by atoms with Crippen LogP contribution in [-0.4, -0.2) is 41.0 Å². The fourth-order valence-electron chi connectivity index (χ4n) is 2.22. The Bertz CT molecular complexity index is 492. The molecule has 1 aromatic heterocycles. The van der Waals surface area contributed by atoms with Crippen molar-refractivity contribution in [1.82, 2.24) is 19.5 Å². The molecule has 0 saturated heterocycles. The Morgan fingerprint density at radius 3 is 2.56 bits per heavy atom. The molecular formula is C10H19N5O2S. The standard InChI is InChI=1S/C10H19N5O2S/c1-8-11-10(13-12-8)14-18(16,17)15(2)9-6-4-3-5-7-9/h9H,3-7H2,1-2H3,(H2,11,12,13,14). The highest BCUT2D eigenvalue weighted by Gasteiger charge is 2.28. The number of anilines is 1. The summed E-state index contributed by atoms with van der Waals surface area (Å²) in [5.41, 5.74) is 0. The Kier molecular flexibility index (Phi) is 3.86. The Labute approximate surface area is 107 Å². The van der Waals surface area contributed by atoms with Crippen molar-refractivity contribution < 1.29 is 8.42 Å². The van der Waals surface area contributed by atoms with Crippen molar-refractivity contribution in [3.8, 4) is 0 Å². The van der Waals surface area contributed by atoms with Crippen LogP contribution >= 0.6 is 0 Å². The maximum absolute atomic E-state index is 12.1. The molecule has 1 fully saturated rings. The number of nitrogens with one attached hydrogen (secondary N) is 2. The Hall–Kier alpha value is -1.15. The minimum absolute atomic E-state index is 0.0799. The van der Waals surface area contributed by atoms with Crippen LogP contribution < -0.4 is 4.72 Å². The van der Waals surface area contributed by atoms with E-state index in [9.17, 15) is 8.42 Å². The van der Waals surface area contributed by atoms with Gasteiger partial charge in [-0.05, 0) is 19.8 Å². The average molecular weight is 273 g/mol. The maximum atomic E-state index is 12.1. The first kappa shape index (κ1) is 13.3. The lowest BCUT2D eigenvalue weighted by atomic mass is 9.96. The van der Waals surface area contributed by atoms with Gasteiger partial charge in [0.05, 0.1) is 0 Å². The van der Waals surface area contributed by atoms with Crippen molar-refractivity contribution in [2.24, 2.45) is 0 Å². The second-order valence-corrected chi connectivity index (χ2v) is 6.39. The van der Waals surface area contributed by atoms with Crippen LogP contribution in [0.2, 0.25) is 0 Å². The predicted molar refractivity (Wildman–Crippen MR) is 68.3 cm³/mol. The highest BCUT2D eigenvalue weighted by atomic mass is 32.2. The molecule has 1 aliphatic carbocycles. The summed E-state index contributed by atoms with van der Waals surface area (Å²) in [6.07, 6.45) is 5.21. The van der Waals surface area contributed by atoms with Crippen LogP contribution in [0.4, 0.5) is 5.95 Å². The Morgan fingerprint density at radius 1 is 1.33 bits per heavy atom. The van der Waals surface area contributed by atoms with E-state index in [2.05, 4.69) is 19.9 Å². The molecule has 0 spiro atoms. The van der Waals surface area contributed by atoms with Crippen molar-refractivity contribution in [1.29, 1.82) is 0 Å². The number of aromatic amines is 1. The zero-order valence-electron chi connectivity index (χ0n) is 10.7. The first-order valence-corrected chi connectivity index (χ1v) is 7.58. The van der Waals surface area contributed by atoms with Gasteiger partial charge in [0.1, 0.15) is 5.82 Å². The minimum atomic E-state index is -3.56. The van der Waals surface area contributed by atoms with Gasteiger partial charge in [-0.1, -0.05) is 19.3 Å². The van der Waals surface area contributed by atoms with Gasteiger partial charge in [-0.2, -0.15) is 17.7 Å². The lowest BCUT2D eigenvalue weighted by molar-refractivity contribution is 0.287. The van der Waals surface area contributed by atoms with E-state index < -0.39 is 10.2 Å². The summed E-state index contributed by atoms with van der Waals surface area (Å²) >= 11 is 0. The molecule has 0 bridgehead atoms. The molecule has 1 saturated carbocycles. The lowest BCUT2D eigenvalue weighted by Gasteiger charge is -2.29. The monoisotopic (exact) mass is 273 g/mol. The molecular weight excluding hydrogens is 254 g/mol. The summed E-state index contributed by atoms with van der Waals surface area (Å²) in [6, 6.07) is 0.0799. The van der Waals surface area contributed by atoms with Crippen molar-refractivity contribution in [2.45, 2.75) is 45.1 Å². The quantitative estimate of drug-likeness (QED) is 0.857. The molecule has 18 heavy (non-hydrogen) atoms. The van der Waals surface area contributed by atoms with E-state index in [1.807, 2.05) is 0 Å². The molecule has 0 atom stereocenters. The maximum Gasteiger partial charge on any atom is 0.304 e. The fraction of sp³-hybridized carbons (Fsp3) is 0.800. The second-order valence-electron chi connectivity index (χ2n) is 4.66. The predicted octanol–water partition coefficient (Wildman–Crippen LogP) is 1.03. The number of rotatable bonds is 4. The number of hydrogen-bond acceptors (Lipinski definition) is 4. The molecule has 1 heterocycles. The van der Waals surface area contributed by atoms with E-state index in [-0.39, 0.29) is 12.0 Å². The summed E-state index contributed by atoms with van der Waals surface area (Å²) < 4.78 is 28.0. The van der Waals surface area contributed by atoms with E-state index in [0.29, 0.717) is 5.82 Å². The SMILES string of the molecule is Cc1nc(NS(=O)(=O)N(C)C2CCCCC2)n[nH]1. The van der Waals surface area contributed by atoms with Crippen LogP contribution in [0.1, 0.15) is 37.9 Å². The first-order valence-electron chi connectivity index (χ1n) is 6.14. The molecule has 8 heteroatoms. The zero-order valence-corrected chi connectivity index (χ0v) is 11.5. The van der Waals surface area contributed by atoms with Crippen LogP contribution in [-0.2, 0) is 10.2 Å². The van der Waals surface area contributed by atoms with E-state index in [4.69, 9.17) is 0 Å². The highest BCUT2D eigenvalue weighted by molar-refractivity contribution is 7.90. The fourth-order valence-corrected chi connectivity index (χ4v) is 3.29. The largest absolute Gasteiger partial charge is 0.304 e. The van der Waals surface area contributed by atoms with Gasteiger partial charge in [0, 0.05) is 13.1 Å². The molecule has 0 unspecified atom stereocenters. The third-order valence-corrected chi connectivity index (χ3v) is 4.78. The normalized spacial score (nSPS) is 18.2. The number of aromatic nitrogens is 3. The zero-order chi connectivity index (χ0) is 13.2. The third kappa shape index (κ3) is 2.99. The van der Waals surface area contributed by atoms with E-state index >= 15 is 0 Å². The summed E-state index contributed by atoms with van der Waals surface area (Å²) in [5.74, 6) is 0.670. The molecule has 102 valence electrons. The number of aryl methyl sites for hydroxylation is 1. The summed E-state index contributed by atoms with van der Waals surface area (Å²) in [6.45, 7) is 1.72. The number of hydrogen-bond donors (Lipinski definition) is 2. The van der Waals surface area contributed by atoms with Gasteiger partial charge in [-0.3, -0.25) is 5.10 Å². The topological polar surface area (TPSA) is 91.0 Å². The molecule has 2 N–H and O–H groups in total. The summed E-state index contributed by atoms with van der Waals surface area (Å²) in [5, 5.41) is 6.38. The van der Waals surface area contributed by atoms with Gasteiger partial charge < -0.3 is 0 Å². The van der Waals surface area contributed by atoms with E-state index in [1.54, 1.807) is 14.0 Å². The van der Waals surface area contributed by atoms with Gasteiger partial charge in [0.2, 0.25) is 0 Å². The highest BCUT2D eigenvalue weighted by Crippen LogP contribution is 2.23. The molecule has 1 aliphatic rings. The average Bonchev–Trinajstić information content (AvgIpc) is 2.74. The minimum Gasteiger partial charge on any atom is -0.261 e. The van der Waals surface area contributed by atoms with Crippen LogP contribution in [0, 0.1) is 6.92 Å². The van der Waals surface area contributed by atoms with Crippen LogP contribution in [0.5, 0.6) is 0 Å². The van der Waals surface area contributed by atoms with Crippen LogP contribution in [0.25, 0.3) is 0 Å². The smallest absolute Gasteiger partial charge is 0.261 e. The van der Waals surface area contributed by atoms with E-state index in [0.717, 1.165) is 25.7 Å². The van der Waals surface area contributed by atoms with Crippen molar-refractivity contribution in [3.05, 3.63) is 5.82 Å². The Morgan fingerprint density at radius 2 is 2.00 bits per heavy atom. The molecule has 0 aromatic carbocycles. The Balaban J connectivity index is 2.05. The second kappa shape index (κ2) is 5.23. The first-order chi connectivity index (χ1) is 8.49. The molecule has 7 nitrogen and oxygen atoms in total. The molecule has 1 aromatic rings. The van der Waals surface area contributed by atoms with Crippen molar-refractivity contribution in [3.63, 3.8) is 0 Å². The number of nitrogens with zero attached hydrogens (tertiary/aromatic N) is 3. The van der Waals surface area contributed by atoms with Gasteiger partial charge in [0.15, 0.2) is 0 Å². The third-order valence-electron chi connectivity index (χ3n) is 3.29.